The fraction of sp³-hybridized carbons (Fsp3) is 0.333. The van der Waals surface area contributed by atoms with Gasteiger partial charge >= 0.3 is 0 Å². The first-order valence-electron chi connectivity index (χ1n) is 6.33. The van der Waals surface area contributed by atoms with E-state index in [0.717, 1.165) is 11.3 Å². The lowest BCUT2D eigenvalue weighted by atomic mass is 10.1. The SMILES string of the molecule is CCC(NCC(F)(F)c1ccccc1)c1cccs1. The average molecular weight is 281 g/mol. The highest BCUT2D eigenvalue weighted by Gasteiger charge is 2.31. The average Bonchev–Trinajstić information content (AvgIpc) is 2.94. The van der Waals surface area contributed by atoms with Crippen LogP contribution in [0.1, 0.15) is 29.8 Å². The van der Waals surface area contributed by atoms with Crippen molar-refractivity contribution in [1.82, 2.24) is 5.32 Å². The Morgan fingerprint density at radius 1 is 1.16 bits per heavy atom. The summed E-state index contributed by atoms with van der Waals surface area (Å²) in [5.74, 6) is -2.84. The van der Waals surface area contributed by atoms with E-state index in [1.165, 1.54) is 12.1 Å². The van der Waals surface area contributed by atoms with Gasteiger partial charge in [-0.15, -0.1) is 11.3 Å². The van der Waals surface area contributed by atoms with E-state index in [4.69, 9.17) is 0 Å². The monoisotopic (exact) mass is 281 g/mol. The fourth-order valence-electron chi connectivity index (χ4n) is 1.97. The molecule has 1 aromatic heterocycles. The zero-order chi connectivity index (χ0) is 13.7. The number of hydrogen-bond donors (Lipinski definition) is 1. The summed E-state index contributed by atoms with van der Waals surface area (Å²) in [5.41, 5.74) is 0.0588. The van der Waals surface area contributed by atoms with E-state index >= 15 is 0 Å². The van der Waals surface area contributed by atoms with Gasteiger partial charge in [0.1, 0.15) is 0 Å². The molecule has 0 aliphatic rings. The number of benzene rings is 1. The standard InChI is InChI=1S/C15H17F2NS/c1-2-13(14-9-6-10-19-14)18-11-15(16,17)12-7-4-3-5-8-12/h3-10,13,18H,2,11H2,1H3. The molecule has 0 saturated heterocycles. The predicted molar refractivity (Wildman–Crippen MR) is 75.7 cm³/mol. The third kappa shape index (κ3) is 3.61. The van der Waals surface area contributed by atoms with Gasteiger partial charge in [-0.2, -0.15) is 8.78 Å². The van der Waals surface area contributed by atoms with Crippen LogP contribution in [0.2, 0.25) is 0 Å². The summed E-state index contributed by atoms with van der Waals surface area (Å²) in [7, 11) is 0. The molecule has 0 aliphatic heterocycles. The van der Waals surface area contributed by atoms with Gasteiger partial charge in [0.05, 0.1) is 6.54 Å². The Labute approximate surface area is 116 Å². The van der Waals surface area contributed by atoms with Crippen molar-refractivity contribution in [2.45, 2.75) is 25.3 Å². The van der Waals surface area contributed by atoms with Gasteiger partial charge < -0.3 is 5.32 Å². The van der Waals surface area contributed by atoms with E-state index in [-0.39, 0.29) is 18.2 Å². The van der Waals surface area contributed by atoms with Gasteiger partial charge in [-0.1, -0.05) is 43.3 Å². The second-order valence-corrected chi connectivity index (χ2v) is 5.41. The van der Waals surface area contributed by atoms with Crippen LogP contribution in [-0.4, -0.2) is 6.54 Å². The van der Waals surface area contributed by atoms with Gasteiger partial charge in [0, 0.05) is 16.5 Å². The van der Waals surface area contributed by atoms with Crippen molar-refractivity contribution >= 4 is 11.3 Å². The predicted octanol–water partition coefficient (Wildman–Crippen LogP) is 4.58. The Morgan fingerprint density at radius 2 is 1.89 bits per heavy atom. The lowest BCUT2D eigenvalue weighted by Crippen LogP contribution is -2.33. The van der Waals surface area contributed by atoms with Gasteiger partial charge in [-0.05, 0) is 17.9 Å². The van der Waals surface area contributed by atoms with Gasteiger partial charge in [0.2, 0.25) is 0 Å². The minimum atomic E-state index is -2.84. The molecule has 2 rings (SSSR count). The van der Waals surface area contributed by atoms with Crippen LogP contribution in [0.4, 0.5) is 8.78 Å². The van der Waals surface area contributed by atoms with Crippen LogP contribution >= 0.6 is 11.3 Å². The lowest BCUT2D eigenvalue weighted by Gasteiger charge is -2.21. The van der Waals surface area contributed by atoms with Crippen LogP contribution in [0.15, 0.2) is 47.8 Å². The summed E-state index contributed by atoms with van der Waals surface area (Å²) >= 11 is 1.59. The fourth-order valence-corrected chi connectivity index (χ4v) is 2.86. The summed E-state index contributed by atoms with van der Waals surface area (Å²) < 4.78 is 28.1. The topological polar surface area (TPSA) is 12.0 Å². The van der Waals surface area contributed by atoms with E-state index in [1.807, 2.05) is 24.4 Å². The van der Waals surface area contributed by atoms with E-state index in [2.05, 4.69) is 5.32 Å². The molecule has 1 nitrogen and oxygen atoms in total. The maximum Gasteiger partial charge on any atom is 0.285 e. The third-order valence-corrected chi connectivity index (χ3v) is 4.05. The molecule has 1 aromatic carbocycles. The highest BCUT2D eigenvalue weighted by molar-refractivity contribution is 7.10. The Bertz CT molecular complexity index is 482. The number of thiophene rings is 1. The van der Waals surface area contributed by atoms with Gasteiger partial charge in [0.15, 0.2) is 0 Å². The summed E-state index contributed by atoms with van der Waals surface area (Å²) in [6.45, 7) is 1.66. The van der Waals surface area contributed by atoms with Gasteiger partial charge in [0.25, 0.3) is 5.92 Å². The molecule has 0 fully saturated rings. The molecule has 0 aliphatic carbocycles. The number of nitrogens with one attached hydrogen (secondary N) is 1. The molecule has 1 unspecified atom stereocenters. The molecule has 1 atom stereocenters. The van der Waals surface area contributed by atoms with Crippen LogP contribution in [0.5, 0.6) is 0 Å². The van der Waals surface area contributed by atoms with Crippen LogP contribution in [0, 0.1) is 0 Å². The first-order valence-corrected chi connectivity index (χ1v) is 7.21. The maximum atomic E-state index is 14.0. The molecule has 102 valence electrons. The van der Waals surface area contributed by atoms with Crippen molar-refractivity contribution in [2.75, 3.05) is 6.54 Å². The number of rotatable bonds is 6. The van der Waals surface area contributed by atoms with E-state index in [1.54, 1.807) is 29.5 Å². The molecule has 0 saturated carbocycles. The third-order valence-electron chi connectivity index (χ3n) is 3.06. The second-order valence-electron chi connectivity index (χ2n) is 4.43. The first-order chi connectivity index (χ1) is 9.13. The van der Waals surface area contributed by atoms with Crippen molar-refractivity contribution in [3.05, 3.63) is 58.3 Å². The molecule has 2 aromatic rings. The summed E-state index contributed by atoms with van der Waals surface area (Å²) in [5, 5.41) is 4.94. The van der Waals surface area contributed by atoms with Crippen molar-refractivity contribution < 1.29 is 8.78 Å². The van der Waals surface area contributed by atoms with Crippen LogP contribution in [0.25, 0.3) is 0 Å². The van der Waals surface area contributed by atoms with E-state index in [9.17, 15) is 8.78 Å². The summed E-state index contributed by atoms with van der Waals surface area (Å²) in [6, 6.07) is 11.9. The van der Waals surface area contributed by atoms with Crippen molar-refractivity contribution in [3.63, 3.8) is 0 Å². The van der Waals surface area contributed by atoms with Crippen molar-refractivity contribution in [3.8, 4) is 0 Å². The first kappa shape index (κ1) is 14.2. The number of halogens is 2. The van der Waals surface area contributed by atoms with Gasteiger partial charge in [-0.25, -0.2) is 0 Å². The minimum absolute atomic E-state index is 0.00501. The Hall–Kier alpha value is -1.26. The molecule has 4 heteroatoms. The normalized spacial score (nSPS) is 13.4. The van der Waals surface area contributed by atoms with Crippen molar-refractivity contribution in [1.29, 1.82) is 0 Å². The summed E-state index contributed by atoms with van der Waals surface area (Å²) in [6.07, 6.45) is 0.797. The Kier molecular flexibility index (Phi) is 4.66. The van der Waals surface area contributed by atoms with Crippen molar-refractivity contribution in [2.24, 2.45) is 0 Å². The molecule has 0 amide bonds. The molecule has 1 heterocycles. The largest absolute Gasteiger partial charge is 0.303 e. The lowest BCUT2D eigenvalue weighted by molar-refractivity contribution is -0.00582. The minimum Gasteiger partial charge on any atom is -0.303 e. The molecule has 0 bridgehead atoms. The van der Waals surface area contributed by atoms with Crippen LogP contribution in [-0.2, 0) is 5.92 Å². The molecular formula is C15H17F2NS. The smallest absolute Gasteiger partial charge is 0.285 e. The molecule has 0 radical (unpaired) electrons. The number of hydrogen-bond acceptors (Lipinski definition) is 2. The van der Waals surface area contributed by atoms with Crippen LogP contribution < -0.4 is 5.32 Å². The molecule has 1 N–H and O–H groups in total. The van der Waals surface area contributed by atoms with E-state index in [0.29, 0.717) is 0 Å². The highest BCUT2D eigenvalue weighted by atomic mass is 32.1. The molecule has 19 heavy (non-hydrogen) atoms. The zero-order valence-electron chi connectivity index (χ0n) is 10.8. The molecule has 0 spiro atoms. The summed E-state index contributed by atoms with van der Waals surface area (Å²) in [4.78, 5) is 1.10. The highest BCUT2D eigenvalue weighted by Crippen LogP contribution is 2.29. The second kappa shape index (κ2) is 6.26. The maximum absolute atomic E-state index is 14.0. The Balaban J connectivity index is 2.01. The Morgan fingerprint density at radius 3 is 2.47 bits per heavy atom. The zero-order valence-corrected chi connectivity index (χ0v) is 11.6. The number of alkyl halides is 2. The van der Waals surface area contributed by atoms with Crippen LogP contribution in [0.3, 0.4) is 0 Å². The molecular weight excluding hydrogens is 264 g/mol. The van der Waals surface area contributed by atoms with E-state index < -0.39 is 5.92 Å². The quantitative estimate of drug-likeness (QED) is 0.817. The van der Waals surface area contributed by atoms with Gasteiger partial charge in [-0.3, -0.25) is 0 Å².